The fourth-order valence-electron chi connectivity index (χ4n) is 1.46. The van der Waals surface area contributed by atoms with Crippen molar-refractivity contribution in [2.45, 2.75) is 18.7 Å². The van der Waals surface area contributed by atoms with E-state index in [9.17, 15) is 13.2 Å². The van der Waals surface area contributed by atoms with Gasteiger partial charge < -0.3 is 4.98 Å². The third kappa shape index (κ3) is 2.28. The Hall–Kier alpha value is -2.09. The third-order valence-corrected chi connectivity index (χ3v) is 3.78. The van der Waals surface area contributed by atoms with Gasteiger partial charge in [-0.1, -0.05) is 0 Å². The van der Waals surface area contributed by atoms with E-state index in [1.165, 1.54) is 6.07 Å². The molecule has 2 aromatic rings. The van der Waals surface area contributed by atoms with E-state index in [0.29, 0.717) is 17.1 Å². The number of H-pyrrole nitrogens is 2. The topological polar surface area (TPSA) is 108 Å². The molecule has 0 aliphatic rings. The van der Waals surface area contributed by atoms with Crippen molar-refractivity contribution >= 4 is 15.7 Å². The number of anilines is 1. The summed E-state index contributed by atoms with van der Waals surface area (Å²) in [5.74, 6) is 0. The fourth-order valence-corrected chi connectivity index (χ4v) is 2.61. The Morgan fingerprint density at radius 2 is 2.00 bits per heavy atom. The van der Waals surface area contributed by atoms with E-state index in [-0.39, 0.29) is 10.5 Å². The second-order valence-electron chi connectivity index (χ2n) is 3.80. The first-order chi connectivity index (χ1) is 8.40. The molecule has 0 saturated heterocycles. The lowest BCUT2D eigenvalue weighted by Crippen LogP contribution is -2.16. The predicted molar refractivity (Wildman–Crippen MR) is 65.9 cm³/mol. The van der Waals surface area contributed by atoms with E-state index in [1.807, 2.05) is 0 Å². The van der Waals surface area contributed by atoms with Gasteiger partial charge in [-0.25, -0.2) is 8.42 Å². The molecule has 7 nitrogen and oxygen atoms in total. The Morgan fingerprint density at radius 1 is 1.28 bits per heavy atom. The summed E-state index contributed by atoms with van der Waals surface area (Å²) in [6, 6.07) is 2.40. The summed E-state index contributed by atoms with van der Waals surface area (Å²) in [4.78, 5) is 13.2. The fraction of sp³-hybridized carbons (Fsp3) is 0.200. The smallest absolute Gasteiger partial charge is 0.263 e. The van der Waals surface area contributed by atoms with Gasteiger partial charge in [0.05, 0.1) is 17.1 Å². The molecule has 0 unspecified atom stereocenters. The van der Waals surface area contributed by atoms with Crippen LogP contribution in [0.15, 0.2) is 28.0 Å². The number of nitrogens with one attached hydrogen (secondary N) is 3. The van der Waals surface area contributed by atoms with Gasteiger partial charge in [-0.3, -0.25) is 14.6 Å². The molecule has 3 N–H and O–H groups in total. The lowest BCUT2D eigenvalue weighted by molar-refractivity contribution is 0.600. The molecule has 0 aliphatic heterocycles. The van der Waals surface area contributed by atoms with Crippen molar-refractivity contribution < 1.29 is 8.42 Å². The summed E-state index contributed by atoms with van der Waals surface area (Å²) < 4.78 is 26.5. The van der Waals surface area contributed by atoms with Crippen LogP contribution in [0, 0.1) is 13.8 Å². The van der Waals surface area contributed by atoms with Gasteiger partial charge >= 0.3 is 0 Å². The zero-order chi connectivity index (χ0) is 13.3. The van der Waals surface area contributed by atoms with Crippen LogP contribution in [0.3, 0.4) is 0 Å². The van der Waals surface area contributed by atoms with E-state index in [2.05, 4.69) is 19.9 Å². The standard InChI is InChI=1S/C10H12N4O3S/c1-6-10(7(2)13-12-6)14-18(16,17)8-3-4-9(15)11-5-8/h3-5,14H,1-2H3,(H,11,15)(H,12,13). The molecule has 0 aliphatic carbocycles. The molecule has 2 heterocycles. The molecule has 0 radical (unpaired) electrons. The monoisotopic (exact) mass is 268 g/mol. The van der Waals surface area contributed by atoms with Crippen molar-refractivity contribution in [1.82, 2.24) is 15.2 Å². The molecule has 0 atom stereocenters. The van der Waals surface area contributed by atoms with Crippen LogP contribution < -0.4 is 10.3 Å². The van der Waals surface area contributed by atoms with Crippen LogP contribution in [0.2, 0.25) is 0 Å². The van der Waals surface area contributed by atoms with E-state index < -0.39 is 10.0 Å². The van der Waals surface area contributed by atoms with E-state index in [4.69, 9.17) is 0 Å². The number of aromatic nitrogens is 3. The molecule has 0 spiro atoms. The van der Waals surface area contributed by atoms with Gasteiger partial charge in [0, 0.05) is 12.3 Å². The molecule has 2 rings (SSSR count). The largest absolute Gasteiger partial charge is 0.328 e. The molecule has 8 heteroatoms. The summed E-state index contributed by atoms with van der Waals surface area (Å²) >= 11 is 0. The van der Waals surface area contributed by atoms with Crippen LogP contribution in [0.4, 0.5) is 5.69 Å². The van der Waals surface area contributed by atoms with E-state index >= 15 is 0 Å². The molecule has 18 heavy (non-hydrogen) atoms. The Balaban J connectivity index is 2.39. The number of nitrogens with zero attached hydrogens (tertiary/aromatic N) is 1. The first kappa shape index (κ1) is 12.4. The molecule has 0 aromatic carbocycles. The average Bonchev–Trinajstić information content (AvgIpc) is 2.61. The Kier molecular flexibility index (Phi) is 2.95. The number of aryl methyl sites for hydroxylation is 2. The zero-order valence-corrected chi connectivity index (χ0v) is 10.6. The summed E-state index contributed by atoms with van der Waals surface area (Å²) in [6.45, 7) is 3.40. The predicted octanol–water partition coefficient (Wildman–Crippen LogP) is 0.516. The van der Waals surface area contributed by atoms with Crippen molar-refractivity contribution in [1.29, 1.82) is 0 Å². The summed E-state index contributed by atoms with van der Waals surface area (Å²) in [6.07, 6.45) is 1.15. The highest BCUT2D eigenvalue weighted by molar-refractivity contribution is 7.92. The van der Waals surface area contributed by atoms with Gasteiger partial charge in [0.25, 0.3) is 10.0 Å². The lowest BCUT2D eigenvalue weighted by Gasteiger charge is -2.07. The van der Waals surface area contributed by atoms with Crippen LogP contribution in [0.1, 0.15) is 11.4 Å². The Morgan fingerprint density at radius 3 is 2.50 bits per heavy atom. The van der Waals surface area contributed by atoms with Crippen molar-refractivity contribution in [3.63, 3.8) is 0 Å². The molecular formula is C10H12N4O3S. The van der Waals surface area contributed by atoms with Crippen LogP contribution >= 0.6 is 0 Å². The van der Waals surface area contributed by atoms with Gasteiger partial charge in [0.1, 0.15) is 4.90 Å². The van der Waals surface area contributed by atoms with Crippen molar-refractivity contribution in [3.05, 3.63) is 40.1 Å². The maximum absolute atomic E-state index is 12.0. The van der Waals surface area contributed by atoms with Gasteiger partial charge in [0.15, 0.2) is 0 Å². The number of rotatable bonds is 3. The minimum Gasteiger partial charge on any atom is -0.328 e. The Labute approximate surface area is 103 Å². The summed E-state index contributed by atoms with van der Waals surface area (Å²) in [5.41, 5.74) is 1.24. The summed E-state index contributed by atoms with van der Waals surface area (Å²) in [7, 11) is -3.73. The highest BCUT2D eigenvalue weighted by Gasteiger charge is 2.17. The third-order valence-electron chi connectivity index (χ3n) is 2.43. The quantitative estimate of drug-likeness (QED) is 0.754. The SMILES string of the molecule is Cc1n[nH]c(C)c1NS(=O)(=O)c1ccc(=O)[nH]c1. The molecule has 96 valence electrons. The molecule has 0 fully saturated rings. The maximum atomic E-state index is 12.0. The van der Waals surface area contributed by atoms with Gasteiger partial charge in [-0.2, -0.15) is 5.10 Å². The highest BCUT2D eigenvalue weighted by atomic mass is 32.2. The number of hydrogen-bond donors (Lipinski definition) is 3. The first-order valence-electron chi connectivity index (χ1n) is 5.13. The van der Waals surface area contributed by atoms with Gasteiger partial charge in [-0.05, 0) is 19.9 Å². The molecular weight excluding hydrogens is 256 g/mol. The van der Waals surface area contributed by atoms with Gasteiger partial charge in [0.2, 0.25) is 5.56 Å². The molecule has 2 aromatic heterocycles. The van der Waals surface area contributed by atoms with E-state index in [0.717, 1.165) is 12.3 Å². The number of pyridine rings is 1. The second-order valence-corrected chi connectivity index (χ2v) is 5.49. The molecule has 0 bridgehead atoms. The Bertz CT molecular complexity index is 690. The summed E-state index contributed by atoms with van der Waals surface area (Å²) in [5, 5.41) is 6.58. The average molecular weight is 268 g/mol. The van der Waals surface area contributed by atoms with Crippen molar-refractivity contribution in [3.8, 4) is 0 Å². The zero-order valence-electron chi connectivity index (χ0n) is 9.81. The minimum atomic E-state index is -3.73. The van der Waals surface area contributed by atoms with E-state index in [1.54, 1.807) is 13.8 Å². The highest BCUT2D eigenvalue weighted by Crippen LogP contribution is 2.20. The van der Waals surface area contributed by atoms with Crippen LogP contribution in [0.5, 0.6) is 0 Å². The van der Waals surface area contributed by atoms with Crippen molar-refractivity contribution in [2.75, 3.05) is 4.72 Å². The molecule has 0 amide bonds. The van der Waals surface area contributed by atoms with Crippen molar-refractivity contribution in [2.24, 2.45) is 0 Å². The van der Waals surface area contributed by atoms with Crippen LogP contribution in [-0.4, -0.2) is 23.6 Å². The van der Waals surface area contributed by atoms with Gasteiger partial charge in [-0.15, -0.1) is 0 Å². The number of hydrogen-bond acceptors (Lipinski definition) is 4. The molecule has 0 saturated carbocycles. The number of aromatic amines is 2. The van der Waals surface area contributed by atoms with Crippen LogP contribution in [-0.2, 0) is 10.0 Å². The number of sulfonamides is 1. The maximum Gasteiger partial charge on any atom is 0.263 e. The second kappa shape index (κ2) is 4.30. The van der Waals surface area contributed by atoms with Crippen LogP contribution in [0.25, 0.3) is 0 Å². The first-order valence-corrected chi connectivity index (χ1v) is 6.61. The lowest BCUT2D eigenvalue weighted by atomic mass is 10.3. The minimum absolute atomic E-state index is 0.0119. The normalized spacial score (nSPS) is 11.4.